The molecule has 3 rings (SSSR count). The molecular formula is C20H23N3O2. The fourth-order valence-corrected chi connectivity index (χ4v) is 2.51. The third kappa shape index (κ3) is 4.59. The molecule has 0 saturated heterocycles. The second-order valence-corrected chi connectivity index (χ2v) is 6.59. The van der Waals surface area contributed by atoms with Gasteiger partial charge in [0.1, 0.15) is 0 Å². The molecule has 1 saturated carbocycles. The molecule has 0 heterocycles. The molecule has 130 valence electrons. The van der Waals surface area contributed by atoms with Crippen molar-refractivity contribution in [2.24, 2.45) is 5.92 Å². The Morgan fingerprint density at radius 2 is 1.80 bits per heavy atom. The molecule has 2 amide bonds. The lowest BCUT2D eigenvalue weighted by atomic mass is 10.1. The molecule has 5 nitrogen and oxygen atoms in total. The zero-order chi connectivity index (χ0) is 17.8. The summed E-state index contributed by atoms with van der Waals surface area (Å²) < 4.78 is 0. The second-order valence-electron chi connectivity index (χ2n) is 6.59. The van der Waals surface area contributed by atoms with Gasteiger partial charge in [-0.2, -0.15) is 0 Å². The van der Waals surface area contributed by atoms with Crippen LogP contribution in [0.3, 0.4) is 0 Å². The van der Waals surface area contributed by atoms with Crippen LogP contribution >= 0.6 is 0 Å². The summed E-state index contributed by atoms with van der Waals surface area (Å²) in [6.45, 7) is 0.446. The van der Waals surface area contributed by atoms with Crippen LogP contribution in [-0.4, -0.2) is 25.9 Å². The molecule has 1 aliphatic rings. The normalized spacial score (nSPS) is 13.2. The minimum Gasteiger partial charge on any atom is -0.378 e. The van der Waals surface area contributed by atoms with Gasteiger partial charge in [-0.05, 0) is 48.7 Å². The van der Waals surface area contributed by atoms with Gasteiger partial charge in [0, 0.05) is 43.5 Å². The Morgan fingerprint density at radius 3 is 2.44 bits per heavy atom. The highest BCUT2D eigenvalue weighted by Crippen LogP contribution is 2.30. The maximum absolute atomic E-state index is 12.3. The number of amides is 2. The van der Waals surface area contributed by atoms with E-state index in [1.54, 1.807) is 6.07 Å². The van der Waals surface area contributed by atoms with E-state index >= 15 is 0 Å². The molecule has 5 heteroatoms. The first kappa shape index (κ1) is 17.0. The van der Waals surface area contributed by atoms with E-state index < -0.39 is 0 Å². The van der Waals surface area contributed by atoms with E-state index in [1.165, 1.54) is 0 Å². The molecule has 1 aliphatic carbocycles. The van der Waals surface area contributed by atoms with Gasteiger partial charge in [-0.25, -0.2) is 0 Å². The summed E-state index contributed by atoms with van der Waals surface area (Å²) >= 11 is 0. The van der Waals surface area contributed by atoms with Crippen molar-refractivity contribution in [3.63, 3.8) is 0 Å². The number of hydrogen-bond donors (Lipinski definition) is 2. The van der Waals surface area contributed by atoms with Crippen molar-refractivity contribution >= 4 is 23.2 Å². The van der Waals surface area contributed by atoms with Gasteiger partial charge in [-0.1, -0.05) is 18.2 Å². The summed E-state index contributed by atoms with van der Waals surface area (Å²) in [5.41, 5.74) is 3.41. The number of nitrogens with zero attached hydrogens (tertiary/aromatic N) is 1. The molecule has 2 aromatic carbocycles. The zero-order valence-electron chi connectivity index (χ0n) is 14.6. The maximum atomic E-state index is 12.3. The monoisotopic (exact) mass is 337 g/mol. The average molecular weight is 337 g/mol. The van der Waals surface area contributed by atoms with E-state index in [0.29, 0.717) is 12.1 Å². The maximum Gasteiger partial charge on any atom is 0.251 e. The highest BCUT2D eigenvalue weighted by molar-refractivity contribution is 5.95. The van der Waals surface area contributed by atoms with Crippen LogP contribution in [0.15, 0.2) is 48.5 Å². The summed E-state index contributed by atoms with van der Waals surface area (Å²) in [6, 6.07) is 15.1. The standard InChI is InChI=1S/C20H23N3O2/c1-23(2)18-5-3-4-16(12-18)19(24)21-13-14-6-10-17(11-7-14)22-20(25)15-8-9-15/h3-7,10-12,15H,8-9,13H2,1-2H3,(H,21,24)(H,22,25). The van der Waals surface area contributed by atoms with Gasteiger partial charge in [0.2, 0.25) is 5.91 Å². The Bertz CT molecular complexity index is 765. The van der Waals surface area contributed by atoms with Crippen molar-refractivity contribution in [3.8, 4) is 0 Å². The van der Waals surface area contributed by atoms with Crippen LogP contribution in [0.1, 0.15) is 28.8 Å². The van der Waals surface area contributed by atoms with E-state index in [2.05, 4.69) is 10.6 Å². The number of hydrogen-bond acceptors (Lipinski definition) is 3. The van der Waals surface area contributed by atoms with Crippen molar-refractivity contribution in [1.29, 1.82) is 0 Å². The lowest BCUT2D eigenvalue weighted by molar-refractivity contribution is -0.117. The third-order valence-electron chi connectivity index (χ3n) is 4.25. The van der Waals surface area contributed by atoms with Gasteiger partial charge >= 0.3 is 0 Å². The number of benzene rings is 2. The number of rotatable bonds is 6. The molecule has 25 heavy (non-hydrogen) atoms. The molecule has 2 aromatic rings. The Hall–Kier alpha value is -2.82. The number of nitrogens with one attached hydrogen (secondary N) is 2. The predicted octanol–water partition coefficient (Wildman–Crippen LogP) is 3.03. The second kappa shape index (κ2) is 7.38. The van der Waals surface area contributed by atoms with E-state index in [4.69, 9.17) is 0 Å². The Morgan fingerprint density at radius 1 is 1.08 bits per heavy atom. The van der Waals surface area contributed by atoms with Crippen LogP contribution < -0.4 is 15.5 Å². The van der Waals surface area contributed by atoms with E-state index in [-0.39, 0.29) is 17.7 Å². The van der Waals surface area contributed by atoms with E-state index in [0.717, 1.165) is 29.8 Å². The van der Waals surface area contributed by atoms with E-state index in [9.17, 15) is 9.59 Å². The molecule has 0 radical (unpaired) electrons. The molecule has 2 N–H and O–H groups in total. The fourth-order valence-electron chi connectivity index (χ4n) is 2.51. The molecule has 0 atom stereocenters. The van der Waals surface area contributed by atoms with Gasteiger partial charge in [0.25, 0.3) is 5.91 Å². The molecule has 0 unspecified atom stereocenters. The summed E-state index contributed by atoms with van der Waals surface area (Å²) in [5, 5.41) is 5.83. The summed E-state index contributed by atoms with van der Waals surface area (Å²) in [4.78, 5) is 26.0. The summed E-state index contributed by atoms with van der Waals surface area (Å²) in [5.74, 6) is 0.188. The Kier molecular flexibility index (Phi) is 5.03. The first-order valence-electron chi connectivity index (χ1n) is 8.48. The first-order chi connectivity index (χ1) is 12.0. The Labute approximate surface area is 148 Å². The van der Waals surface area contributed by atoms with Crippen molar-refractivity contribution in [1.82, 2.24) is 5.32 Å². The smallest absolute Gasteiger partial charge is 0.251 e. The van der Waals surface area contributed by atoms with E-state index in [1.807, 2.05) is 61.5 Å². The third-order valence-corrected chi connectivity index (χ3v) is 4.25. The van der Waals surface area contributed by atoms with Crippen molar-refractivity contribution in [3.05, 3.63) is 59.7 Å². The van der Waals surface area contributed by atoms with Crippen molar-refractivity contribution in [2.45, 2.75) is 19.4 Å². The van der Waals surface area contributed by atoms with Gasteiger partial charge in [0.15, 0.2) is 0 Å². The Balaban J connectivity index is 1.54. The van der Waals surface area contributed by atoms with Crippen LogP contribution in [0.5, 0.6) is 0 Å². The minimum absolute atomic E-state index is 0.0989. The molecule has 0 aromatic heterocycles. The lowest BCUT2D eigenvalue weighted by Gasteiger charge is -2.13. The van der Waals surface area contributed by atoms with Crippen LogP contribution in [0.25, 0.3) is 0 Å². The number of carbonyl (C=O) groups is 2. The van der Waals surface area contributed by atoms with Gasteiger partial charge in [-0.15, -0.1) is 0 Å². The largest absolute Gasteiger partial charge is 0.378 e. The van der Waals surface area contributed by atoms with Crippen LogP contribution in [0, 0.1) is 5.92 Å². The van der Waals surface area contributed by atoms with Crippen LogP contribution in [-0.2, 0) is 11.3 Å². The fraction of sp³-hybridized carbons (Fsp3) is 0.300. The van der Waals surface area contributed by atoms with Crippen LogP contribution in [0.2, 0.25) is 0 Å². The highest BCUT2D eigenvalue weighted by atomic mass is 16.2. The van der Waals surface area contributed by atoms with Gasteiger partial charge in [-0.3, -0.25) is 9.59 Å². The molecule has 0 bridgehead atoms. The van der Waals surface area contributed by atoms with Gasteiger partial charge < -0.3 is 15.5 Å². The molecule has 1 fully saturated rings. The SMILES string of the molecule is CN(C)c1cccc(C(=O)NCc2ccc(NC(=O)C3CC3)cc2)c1. The number of anilines is 2. The average Bonchev–Trinajstić information content (AvgIpc) is 3.46. The first-order valence-corrected chi connectivity index (χ1v) is 8.48. The minimum atomic E-state index is -0.102. The summed E-state index contributed by atoms with van der Waals surface area (Å²) in [7, 11) is 3.89. The number of carbonyl (C=O) groups excluding carboxylic acids is 2. The quantitative estimate of drug-likeness (QED) is 0.852. The van der Waals surface area contributed by atoms with Gasteiger partial charge in [0.05, 0.1) is 0 Å². The lowest BCUT2D eigenvalue weighted by Crippen LogP contribution is -2.23. The topological polar surface area (TPSA) is 61.4 Å². The molecular weight excluding hydrogens is 314 g/mol. The molecule has 0 aliphatic heterocycles. The van der Waals surface area contributed by atoms with Crippen LogP contribution in [0.4, 0.5) is 11.4 Å². The zero-order valence-corrected chi connectivity index (χ0v) is 14.6. The highest BCUT2D eigenvalue weighted by Gasteiger charge is 2.29. The molecule has 0 spiro atoms. The van der Waals surface area contributed by atoms with Crippen molar-refractivity contribution < 1.29 is 9.59 Å². The predicted molar refractivity (Wildman–Crippen MR) is 99.7 cm³/mol. The van der Waals surface area contributed by atoms with Crippen molar-refractivity contribution in [2.75, 3.05) is 24.3 Å². The summed E-state index contributed by atoms with van der Waals surface area (Å²) in [6.07, 6.45) is 1.98.